The smallest absolute Gasteiger partial charge is 0.327 e. The van der Waals surface area contributed by atoms with Gasteiger partial charge < -0.3 is 15.3 Å². The van der Waals surface area contributed by atoms with E-state index in [-0.39, 0.29) is 17.7 Å². The average Bonchev–Trinajstić information content (AvgIpc) is 2.85. The van der Waals surface area contributed by atoms with Gasteiger partial charge in [-0.3, -0.25) is 9.59 Å². The van der Waals surface area contributed by atoms with Gasteiger partial charge in [-0.15, -0.1) is 6.58 Å². The quantitative estimate of drug-likeness (QED) is 0.615. The van der Waals surface area contributed by atoms with Gasteiger partial charge in [0.2, 0.25) is 11.8 Å². The van der Waals surface area contributed by atoms with E-state index >= 15 is 0 Å². The van der Waals surface area contributed by atoms with Crippen LogP contribution in [-0.2, 0) is 14.4 Å². The Hall–Kier alpha value is -2.37. The molecule has 2 aliphatic heterocycles. The molecule has 2 rings (SSSR count). The first-order valence-electron chi connectivity index (χ1n) is 7.63. The first-order valence-corrected chi connectivity index (χ1v) is 7.63. The molecule has 2 N–H and O–H groups in total. The van der Waals surface area contributed by atoms with E-state index in [1.54, 1.807) is 17.2 Å². The lowest BCUT2D eigenvalue weighted by molar-refractivity contribution is -0.131. The summed E-state index contributed by atoms with van der Waals surface area (Å²) >= 11 is 0. The molecule has 1 unspecified atom stereocenters. The predicted molar refractivity (Wildman–Crippen MR) is 89.5 cm³/mol. The Morgan fingerprint density at radius 2 is 1.87 bits per heavy atom. The second-order valence-corrected chi connectivity index (χ2v) is 5.04. The van der Waals surface area contributed by atoms with Crippen molar-refractivity contribution in [3.05, 3.63) is 38.1 Å². The van der Waals surface area contributed by atoms with Crippen molar-refractivity contribution in [1.29, 1.82) is 0 Å². The van der Waals surface area contributed by atoms with Crippen LogP contribution in [0.4, 0.5) is 0 Å². The summed E-state index contributed by atoms with van der Waals surface area (Å²) < 4.78 is 0. The van der Waals surface area contributed by atoms with Gasteiger partial charge >= 0.3 is 5.97 Å². The molecule has 0 spiro atoms. The first kappa shape index (κ1) is 20.6. The largest absolute Gasteiger partial charge is 0.478 e. The maximum absolute atomic E-state index is 11.1. The third kappa shape index (κ3) is 9.29. The number of hydrogen-bond donors (Lipinski definition) is 2. The predicted octanol–water partition coefficient (Wildman–Crippen LogP) is 2.10. The SMILES string of the molecule is C=CC(=O)O.C=CC1CCCCNC1=O.C=CN1CCCC1=O. The van der Waals surface area contributed by atoms with Crippen molar-refractivity contribution < 1.29 is 19.5 Å². The van der Waals surface area contributed by atoms with Crippen LogP contribution < -0.4 is 5.32 Å². The molecular formula is C17H26N2O4. The van der Waals surface area contributed by atoms with Crippen LogP contribution in [0.15, 0.2) is 38.1 Å². The lowest BCUT2D eigenvalue weighted by atomic mass is 10.0. The monoisotopic (exact) mass is 322 g/mol. The van der Waals surface area contributed by atoms with Crippen LogP contribution >= 0.6 is 0 Å². The molecule has 1 atom stereocenters. The molecule has 2 saturated heterocycles. The number of likely N-dealkylation sites (tertiary alicyclic amines) is 1. The lowest BCUT2D eigenvalue weighted by Crippen LogP contribution is -2.27. The van der Waals surface area contributed by atoms with Crippen LogP contribution in [0.5, 0.6) is 0 Å². The van der Waals surface area contributed by atoms with Gasteiger partial charge in [-0.25, -0.2) is 4.79 Å². The van der Waals surface area contributed by atoms with Gasteiger partial charge in [-0.05, 0) is 25.5 Å². The summed E-state index contributed by atoms with van der Waals surface area (Å²) in [6.45, 7) is 11.8. The molecular weight excluding hydrogens is 296 g/mol. The molecule has 2 aliphatic rings. The summed E-state index contributed by atoms with van der Waals surface area (Å²) in [7, 11) is 0. The summed E-state index contributed by atoms with van der Waals surface area (Å²) in [6, 6.07) is 0. The van der Waals surface area contributed by atoms with E-state index in [9.17, 15) is 14.4 Å². The number of carbonyl (C=O) groups is 3. The highest BCUT2D eigenvalue weighted by Crippen LogP contribution is 2.12. The number of hydrogen-bond acceptors (Lipinski definition) is 3. The number of nitrogens with one attached hydrogen (secondary N) is 1. The van der Waals surface area contributed by atoms with E-state index in [1.165, 1.54) is 0 Å². The van der Waals surface area contributed by atoms with Crippen molar-refractivity contribution >= 4 is 17.8 Å². The zero-order valence-corrected chi connectivity index (χ0v) is 13.5. The molecule has 0 aromatic heterocycles. The van der Waals surface area contributed by atoms with Gasteiger partial charge in [0.25, 0.3) is 0 Å². The zero-order valence-electron chi connectivity index (χ0n) is 13.5. The van der Waals surface area contributed by atoms with Gasteiger partial charge in [0, 0.05) is 25.6 Å². The fraction of sp³-hybridized carbons (Fsp3) is 0.471. The summed E-state index contributed by atoms with van der Waals surface area (Å²) in [5, 5.41) is 10.4. The lowest BCUT2D eigenvalue weighted by Gasteiger charge is -2.05. The highest BCUT2D eigenvalue weighted by molar-refractivity contribution is 5.80. The Labute approximate surface area is 137 Å². The molecule has 0 aromatic rings. The number of carbonyl (C=O) groups excluding carboxylic acids is 2. The van der Waals surface area contributed by atoms with Crippen LogP contribution in [0.3, 0.4) is 0 Å². The van der Waals surface area contributed by atoms with Crippen molar-refractivity contribution in [2.24, 2.45) is 5.92 Å². The van der Waals surface area contributed by atoms with Crippen LogP contribution in [0.2, 0.25) is 0 Å². The molecule has 23 heavy (non-hydrogen) atoms. The molecule has 0 radical (unpaired) electrons. The third-order valence-electron chi connectivity index (χ3n) is 3.37. The Morgan fingerprint density at radius 1 is 1.22 bits per heavy atom. The fourth-order valence-electron chi connectivity index (χ4n) is 2.05. The van der Waals surface area contributed by atoms with Gasteiger partial charge in [-0.2, -0.15) is 0 Å². The van der Waals surface area contributed by atoms with Gasteiger partial charge in [0.1, 0.15) is 0 Å². The van der Waals surface area contributed by atoms with Crippen molar-refractivity contribution in [3.8, 4) is 0 Å². The topological polar surface area (TPSA) is 86.7 Å². The number of rotatable bonds is 3. The normalized spacial score (nSPS) is 19.8. The maximum Gasteiger partial charge on any atom is 0.327 e. The van der Waals surface area contributed by atoms with E-state index in [4.69, 9.17) is 5.11 Å². The first-order chi connectivity index (χ1) is 11.0. The molecule has 0 bridgehead atoms. The number of carboxylic acid groups (broad SMARTS) is 1. The average molecular weight is 322 g/mol. The number of carboxylic acids is 1. The minimum absolute atomic E-state index is 0.0579. The minimum Gasteiger partial charge on any atom is -0.478 e. The van der Waals surface area contributed by atoms with Crippen LogP contribution in [0.1, 0.15) is 32.1 Å². The Bertz CT molecular complexity index is 446. The van der Waals surface area contributed by atoms with Crippen LogP contribution in [0, 0.1) is 5.92 Å². The third-order valence-corrected chi connectivity index (χ3v) is 3.37. The van der Waals surface area contributed by atoms with E-state index in [0.29, 0.717) is 6.42 Å². The molecule has 6 nitrogen and oxygen atoms in total. The second-order valence-electron chi connectivity index (χ2n) is 5.04. The van der Waals surface area contributed by atoms with Crippen molar-refractivity contribution in [2.45, 2.75) is 32.1 Å². The zero-order chi connectivity index (χ0) is 17.7. The van der Waals surface area contributed by atoms with Crippen molar-refractivity contribution in [3.63, 3.8) is 0 Å². The Morgan fingerprint density at radius 3 is 2.26 bits per heavy atom. The van der Waals surface area contributed by atoms with E-state index in [1.807, 2.05) is 0 Å². The molecule has 6 heteroatoms. The van der Waals surface area contributed by atoms with Crippen LogP contribution in [0.25, 0.3) is 0 Å². The van der Waals surface area contributed by atoms with Gasteiger partial charge in [-0.1, -0.05) is 25.7 Å². The molecule has 0 aromatic carbocycles. The van der Waals surface area contributed by atoms with Crippen LogP contribution in [-0.4, -0.2) is 40.9 Å². The number of nitrogens with zero attached hydrogens (tertiary/aromatic N) is 1. The molecule has 2 amide bonds. The van der Waals surface area contributed by atoms with Gasteiger partial charge in [0.15, 0.2) is 0 Å². The number of amides is 2. The maximum atomic E-state index is 11.1. The van der Waals surface area contributed by atoms with E-state index < -0.39 is 5.97 Å². The fourth-order valence-corrected chi connectivity index (χ4v) is 2.05. The highest BCUT2D eigenvalue weighted by atomic mass is 16.4. The highest BCUT2D eigenvalue weighted by Gasteiger charge is 2.16. The Balaban J connectivity index is 0.000000335. The minimum atomic E-state index is -0.981. The standard InChI is InChI=1S/C8H13NO.C6H9NO.C3H4O2/c1-2-7-5-3-4-6-9-8(7)10;1-2-7-5-3-4-6(7)8;1-2-3(4)5/h2,7H,1,3-6H2,(H,9,10);2H,1,3-5H2;2H,1H2,(H,4,5). The molecule has 2 fully saturated rings. The number of aliphatic carboxylic acids is 1. The summed E-state index contributed by atoms with van der Waals surface area (Å²) in [5.74, 6) is -0.569. The Kier molecular flexibility index (Phi) is 10.9. The molecule has 2 heterocycles. The summed E-state index contributed by atoms with van der Waals surface area (Å²) in [4.78, 5) is 32.6. The molecule has 0 aliphatic carbocycles. The second kappa shape index (κ2) is 12.2. The summed E-state index contributed by atoms with van der Waals surface area (Å²) in [6.07, 6.45) is 9.06. The summed E-state index contributed by atoms with van der Waals surface area (Å²) in [5.41, 5.74) is 0. The molecule has 0 saturated carbocycles. The van der Waals surface area contributed by atoms with Crippen molar-refractivity contribution in [1.82, 2.24) is 10.2 Å². The molecule has 128 valence electrons. The van der Waals surface area contributed by atoms with E-state index in [0.717, 1.165) is 44.8 Å². The van der Waals surface area contributed by atoms with Gasteiger partial charge in [0.05, 0.1) is 5.92 Å². The van der Waals surface area contributed by atoms with Crippen molar-refractivity contribution in [2.75, 3.05) is 13.1 Å². The van der Waals surface area contributed by atoms with E-state index in [2.05, 4.69) is 25.1 Å².